The lowest BCUT2D eigenvalue weighted by Crippen LogP contribution is -2.44. The Morgan fingerprint density at radius 2 is 1.84 bits per heavy atom. The Kier molecular flexibility index (Phi) is 10.2. The average molecular weight is 588 g/mol. The number of hydrogen-bond acceptors (Lipinski definition) is 6. The third-order valence-electron chi connectivity index (χ3n) is 8.88. The summed E-state index contributed by atoms with van der Waals surface area (Å²) in [4.78, 5) is 31.1. The van der Waals surface area contributed by atoms with Crippen molar-refractivity contribution in [2.24, 2.45) is 10.8 Å². The molecule has 4 heterocycles. The van der Waals surface area contributed by atoms with Gasteiger partial charge in [0, 0.05) is 57.0 Å². The summed E-state index contributed by atoms with van der Waals surface area (Å²) in [6, 6.07) is 8.01. The van der Waals surface area contributed by atoms with E-state index in [1.807, 2.05) is 30.6 Å². The van der Waals surface area contributed by atoms with Gasteiger partial charge in [-0.05, 0) is 79.9 Å². The van der Waals surface area contributed by atoms with E-state index in [1.165, 1.54) is 58.1 Å². The Balaban J connectivity index is 1.14. The Morgan fingerprint density at radius 3 is 2.56 bits per heavy atom. The molecule has 5 rings (SSSR count). The van der Waals surface area contributed by atoms with Gasteiger partial charge >= 0.3 is 5.97 Å². The third kappa shape index (κ3) is 9.36. The van der Waals surface area contributed by atoms with Crippen LogP contribution < -0.4 is 0 Å². The SMILES string of the molecule is CC(C)(C)CN1CCC2(CC1)CCN(CCCn1ccnc1CN(Cc1cccc(/C=C/C(=O)O)c1)Cc1ncc[nH]1)C2. The Hall–Kier alpha value is -3.27. The Labute approximate surface area is 256 Å². The number of nitrogens with one attached hydrogen (secondary N) is 1. The molecule has 2 aliphatic heterocycles. The average Bonchev–Trinajstić information content (AvgIpc) is 3.72. The number of likely N-dealkylation sites (tertiary alicyclic amines) is 2. The van der Waals surface area contributed by atoms with Crippen molar-refractivity contribution in [1.82, 2.24) is 34.2 Å². The van der Waals surface area contributed by atoms with Crippen molar-refractivity contribution in [3.63, 3.8) is 0 Å². The summed E-state index contributed by atoms with van der Waals surface area (Å²) in [5.41, 5.74) is 2.89. The van der Waals surface area contributed by atoms with Crippen molar-refractivity contribution in [2.75, 3.05) is 39.3 Å². The van der Waals surface area contributed by atoms with Crippen molar-refractivity contribution in [2.45, 2.75) is 72.6 Å². The molecule has 0 amide bonds. The minimum Gasteiger partial charge on any atom is -0.478 e. The molecule has 1 aromatic carbocycles. The fourth-order valence-corrected chi connectivity index (χ4v) is 6.83. The fraction of sp³-hybridized carbons (Fsp3) is 0.559. The smallest absolute Gasteiger partial charge is 0.328 e. The van der Waals surface area contributed by atoms with Gasteiger partial charge in [-0.3, -0.25) is 4.90 Å². The van der Waals surface area contributed by atoms with Gasteiger partial charge < -0.3 is 24.5 Å². The minimum atomic E-state index is -0.946. The van der Waals surface area contributed by atoms with Crippen LogP contribution >= 0.6 is 0 Å². The van der Waals surface area contributed by atoms with Gasteiger partial charge in [-0.1, -0.05) is 45.0 Å². The maximum Gasteiger partial charge on any atom is 0.328 e. The number of H-pyrrole nitrogens is 1. The molecule has 0 radical (unpaired) electrons. The molecule has 9 nitrogen and oxygen atoms in total. The number of carboxylic acid groups (broad SMARTS) is 1. The van der Waals surface area contributed by atoms with Crippen LogP contribution in [0.2, 0.25) is 0 Å². The van der Waals surface area contributed by atoms with E-state index >= 15 is 0 Å². The van der Waals surface area contributed by atoms with E-state index in [0.717, 1.165) is 42.3 Å². The number of rotatable bonds is 13. The lowest BCUT2D eigenvalue weighted by Gasteiger charge is -2.41. The molecule has 43 heavy (non-hydrogen) atoms. The number of aromatic amines is 1. The van der Waals surface area contributed by atoms with Gasteiger partial charge in [-0.25, -0.2) is 14.8 Å². The van der Waals surface area contributed by atoms with Gasteiger partial charge in [0.25, 0.3) is 0 Å². The molecule has 1 spiro atoms. The lowest BCUT2D eigenvalue weighted by atomic mass is 9.77. The fourth-order valence-electron chi connectivity index (χ4n) is 6.83. The molecule has 0 atom stereocenters. The zero-order valence-corrected chi connectivity index (χ0v) is 26.2. The minimum absolute atomic E-state index is 0.375. The zero-order chi connectivity index (χ0) is 30.3. The maximum absolute atomic E-state index is 11.0. The quantitative estimate of drug-likeness (QED) is 0.268. The monoisotopic (exact) mass is 587 g/mol. The second-order valence-corrected chi connectivity index (χ2v) is 13.9. The highest BCUT2D eigenvalue weighted by atomic mass is 16.4. The standard InChI is InChI=1S/C34H49N7O2/c1-33(2,3)26-39-19-11-34(12-20-39)10-18-38(27-34)16-5-17-41-21-15-37-31(41)25-40(24-30-35-13-14-36-30)23-29-7-4-6-28(22-29)8-9-32(42)43/h4,6-9,13-15,21-22H,5,10-12,16-20,23-27H2,1-3H3,(H,35,36)(H,42,43)/b9-8+. The lowest BCUT2D eigenvalue weighted by molar-refractivity contribution is -0.131. The topological polar surface area (TPSA) is 93.5 Å². The summed E-state index contributed by atoms with van der Waals surface area (Å²) in [7, 11) is 0. The maximum atomic E-state index is 11.0. The van der Waals surface area contributed by atoms with Crippen LogP contribution in [0.4, 0.5) is 0 Å². The van der Waals surface area contributed by atoms with E-state index in [-0.39, 0.29) is 0 Å². The number of hydrogen-bond donors (Lipinski definition) is 2. The number of aliphatic carboxylic acids is 1. The zero-order valence-electron chi connectivity index (χ0n) is 26.2. The van der Waals surface area contributed by atoms with Crippen LogP contribution in [0.25, 0.3) is 6.08 Å². The van der Waals surface area contributed by atoms with Gasteiger partial charge in [-0.2, -0.15) is 0 Å². The van der Waals surface area contributed by atoms with Crippen LogP contribution in [0.15, 0.2) is 55.1 Å². The number of carbonyl (C=O) groups is 1. The van der Waals surface area contributed by atoms with Crippen molar-refractivity contribution >= 4 is 12.0 Å². The molecule has 0 unspecified atom stereocenters. The molecule has 2 saturated heterocycles. The first-order chi connectivity index (χ1) is 20.6. The largest absolute Gasteiger partial charge is 0.478 e. The third-order valence-corrected chi connectivity index (χ3v) is 8.88. The predicted molar refractivity (Wildman–Crippen MR) is 170 cm³/mol. The summed E-state index contributed by atoms with van der Waals surface area (Å²) in [5, 5.41) is 9.01. The molecule has 0 bridgehead atoms. The summed E-state index contributed by atoms with van der Waals surface area (Å²) in [5.74, 6) is 1.02. The van der Waals surface area contributed by atoms with E-state index < -0.39 is 5.97 Å². The van der Waals surface area contributed by atoms with Crippen LogP contribution in [0.3, 0.4) is 0 Å². The van der Waals surface area contributed by atoms with Crippen LogP contribution in [0.5, 0.6) is 0 Å². The first-order valence-corrected chi connectivity index (χ1v) is 15.8. The summed E-state index contributed by atoms with van der Waals surface area (Å²) in [6.07, 6.45) is 15.6. The molecule has 3 aromatic rings. The molecular formula is C34H49N7O2. The molecule has 2 fully saturated rings. The number of imidazole rings is 2. The summed E-state index contributed by atoms with van der Waals surface area (Å²) < 4.78 is 2.30. The first-order valence-electron chi connectivity index (χ1n) is 15.8. The highest BCUT2D eigenvalue weighted by Crippen LogP contribution is 2.40. The Bertz CT molecular complexity index is 1330. The van der Waals surface area contributed by atoms with Gasteiger partial charge in [0.1, 0.15) is 11.6 Å². The van der Waals surface area contributed by atoms with E-state index in [0.29, 0.717) is 30.5 Å². The summed E-state index contributed by atoms with van der Waals surface area (Å²) in [6.45, 7) is 17.4. The molecule has 2 aliphatic rings. The molecule has 2 aromatic heterocycles. The summed E-state index contributed by atoms with van der Waals surface area (Å²) >= 11 is 0. The molecule has 9 heteroatoms. The normalized spacial score (nSPS) is 18.0. The van der Waals surface area contributed by atoms with E-state index in [2.05, 4.69) is 62.3 Å². The van der Waals surface area contributed by atoms with Crippen molar-refractivity contribution in [3.05, 3.63) is 77.9 Å². The highest BCUT2D eigenvalue weighted by Gasteiger charge is 2.40. The number of piperidine rings is 1. The number of carboxylic acids is 1. The molecule has 232 valence electrons. The van der Waals surface area contributed by atoms with E-state index in [1.54, 1.807) is 12.3 Å². The van der Waals surface area contributed by atoms with Gasteiger partial charge in [0.2, 0.25) is 0 Å². The second kappa shape index (κ2) is 14.0. The number of aromatic nitrogens is 4. The number of benzene rings is 1. The van der Waals surface area contributed by atoms with Crippen LogP contribution in [0, 0.1) is 10.8 Å². The van der Waals surface area contributed by atoms with Crippen LogP contribution in [-0.4, -0.2) is 84.6 Å². The van der Waals surface area contributed by atoms with E-state index in [9.17, 15) is 4.79 Å². The van der Waals surface area contributed by atoms with Crippen LogP contribution in [-0.2, 0) is 31.0 Å². The van der Waals surface area contributed by atoms with Crippen molar-refractivity contribution in [3.8, 4) is 0 Å². The van der Waals surface area contributed by atoms with Gasteiger partial charge in [0.05, 0.1) is 13.1 Å². The molecule has 0 aliphatic carbocycles. The van der Waals surface area contributed by atoms with Crippen molar-refractivity contribution < 1.29 is 9.90 Å². The van der Waals surface area contributed by atoms with Gasteiger partial charge in [-0.15, -0.1) is 0 Å². The highest BCUT2D eigenvalue weighted by molar-refractivity contribution is 5.85. The molecular weight excluding hydrogens is 538 g/mol. The predicted octanol–water partition coefficient (Wildman–Crippen LogP) is 5.13. The number of aryl methyl sites for hydroxylation is 1. The first kappa shape index (κ1) is 31.2. The van der Waals surface area contributed by atoms with Crippen molar-refractivity contribution in [1.29, 1.82) is 0 Å². The second-order valence-electron chi connectivity index (χ2n) is 13.9. The molecule has 0 saturated carbocycles. The van der Waals surface area contributed by atoms with E-state index in [4.69, 9.17) is 10.1 Å². The molecule has 2 N–H and O–H groups in total. The van der Waals surface area contributed by atoms with Gasteiger partial charge in [0.15, 0.2) is 0 Å². The Morgan fingerprint density at radius 1 is 1.05 bits per heavy atom. The number of nitrogens with zero attached hydrogens (tertiary/aromatic N) is 6. The van der Waals surface area contributed by atoms with Crippen LogP contribution in [0.1, 0.15) is 69.2 Å².